The third kappa shape index (κ3) is 4.39. The Bertz CT molecular complexity index is 826. The fourth-order valence-electron chi connectivity index (χ4n) is 2.85. The molecule has 142 valence electrons. The van der Waals surface area contributed by atoms with Crippen molar-refractivity contribution in [3.8, 4) is 0 Å². The summed E-state index contributed by atoms with van der Waals surface area (Å²) >= 11 is 0.419. The van der Waals surface area contributed by atoms with Crippen molar-refractivity contribution in [3.63, 3.8) is 0 Å². The van der Waals surface area contributed by atoms with Gasteiger partial charge in [0, 0.05) is 30.4 Å². The zero-order chi connectivity index (χ0) is 19.6. The van der Waals surface area contributed by atoms with Gasteiger partial charge in [-0.1, -0.05) is 11.8 Å². The molecule has 0 saturated carbocycles. The molecule has 1 atom stereocenters. The molecule has 3 rings (SSSR count). The van der Waals surface area contributed by atoms with Crippen LogP contribution in [-0.4, -0.2) is 37.7 Å². The highest BCUT2D eigenvalue weighted by Crippen LogP contribution is 2.30. The highest BCUT2D eigenvalue weighted by molar-refractivity contribution is 7.99. The minimum absolute atomic E-state index is 0.0435. The third-order valence-corrected chi connectivity index (χ3v) is 4.91. The molecule has 1 saturated heterocycles. The molecule has 1 N–H and O–H groups in total. The van der Waals surface area contributed by atoms with Crippen LogP contribution in [0, 0.1) is 0 Å². The number of nitrogens with one attached hydrogen (secondary N) is 1. The topological polar surface area (TPSA) is 52.7 Å². The van der Waals surface area contributed by atoms with Gasteiger partial charge >= 0.3 is 0 Å². The number of anilines is 3. The summed E-state index contributed by atoms with van der Waals surface area (Å²) in [6.45, 7) is 0. The van der Waals surface area contributed by atoms with Crippen LogP contribution in [0.3, 0.4) is 0 Å². The number of nitrogens with zero attached hydrogens (tertiary/aromatic N) is 2. The fraction of sp³-hybridized carbons (Fsp3) is 0.263. The molecule has 27 heavy (non-hydrogen) atoms. The summed E-state index contributed by atoms with van der Waals surface area (Å²) in [4.78, 5) is 28.4. The van der Waals surface area contributed by atoms with E-state index in [0.717, 1.165) is 16.3 Å². The number of hydrogen-bond acceptors (Lipinski definition) is 5. The zero-order valence-corrected chi connectivity index (χ0v) is 15.7. The molecule has 0 bridgehead atoms. The summed E-state index contributed by atoms with van der Waals surface area (Å²) < 4.78 is 24.8. The number of hydrogen-bond donors (Lipinski definition) is 1. The van der Waals surface area contributed by atoms with Crippen molar-refractivity contribution >= 4 is 40.6 Å². The Morgan fingerprint density at radius 3 is 2.26 bits per heavy atom. The number of carbonyl (C=O) groups is 2. The Labute approximate surface area is 160 Å². The van der Waals surface area contributed by atoms with Crippen LogP contribution in [0.4, 0.5) is 25.8 Å². The van der Waals surface area contributed by atoms with Crippen molar-refractivity contribution in [1.82, 2.24) is 0 Å². The molecule has 8 heteroatoms. The fourth-order valence-corrected chi connectivity index (χ4v) is 3.35. The molecular formula is C19H19F2N3O2S. The van der Waals surface area contributed by atoms with Crippen molar-refractivity contribution in [2.75, 3.05) is 29.2 Å². The molecular weight excluding hydrogens is 372 g/mol. The summed E-state index contributed by atoms with van der Waals surface area (Å²) in [5.74, 6) is -3.19. The molecule has 0 aliphatic carbocycles. The van der Waals surface area contributed by atoms with Gasteiger partial charge in [0.1, 0.15) is 6.04 Å². The highest BCUT2D eigenvalue weighted by atomic mass is 32.2. The molecule has 1 aliphatic heterocycles. The molecule has 2 aromatic rings. The first-order valence-electron chi connectivity index (χ1n) is 8.31. The van der Waals surface area contributed by atoms with Gasteiger partial charge < -0.3 is 10.2 Å². The number of benzene rings is 2. The van der Waals surface area contributed by atoms with Crippen molar-refractivity contribution < 1.29 is 18.4 Å². The summed E-state index contributed by atoms with van der Waals surface area (Å²) in [5, 5.41) is 3.09. The number of halogens is 2. The van der Waals surface area contributed by atoms with Gasteiger partial charge in [0.2, 0.25) is 5.91 Å². The monoisotopic (exact) mass is 391 g/mol. The Morgan fingerprint density at radius 1 is 1.07 bits per heavy atom. The van der Waals surface area contributed by atoms with E-state index in [2.05, 4.69) is 5.32 Å². The van der Waals surface area contributed by atoms with E-state index in [4.69, 9.17) is 0 Å². The van der Waals surface area contributed by atoms with Gasteiger partial charge in [-0.05, 0) is 48.5 Å². The lowest BCUT2D eigenvalue weighted by Gasteiger charge is -2.17. The van der Waals surface area contributed by atoms with E-state index >= 15 is 0 Å². The first kappa shape index (κ1) is 19.2. The van der Waals surface area contributed by atoms with Crippen LogP contribution in [0.25, 0.3) is 0 Å². The second-order valence-corrected chi connectivity index (χ2v) is 7.35. The summed E-state index contributed by atoms with van der Waals surface area (Å²) in [7, 11) is 3.87. The van der Waals surface area contributed by atoms with E-state index in [1.165, 1.54) is 24.3 Å². The molecule has 1 heterocycles. The normalized spacial score (nSPS) is 16.9. The van der Waals surface area contributed by atoms with E-state index in [-0.39, 0.29) is 18.2 Å². The molecule has 0 unspecified atom stereocenters. The predicted octanol–water partition coefficient (Wildman–Crippen LogP) is 3.81. The van der Waals surface area contributed by atoms with Crippen LogP contribution in [0.2, 0.25) is 0 Å². The summed E-state index contributed by atoms with van der Waals surface area (Å²) in [5.41, 5.74) is 2.16. The van der Waals surface area contributed by atoms with Gasteiger partial charge in [0.15, 0.2) is 0 Å². The number of imide groups is 1. The molecule has 1 fully saturated rings. The maximum Gasteiger partial charge on any atom is 0.288 e. The van der Waals surface area contributed by atoms with Crippen LogP contribution in [0.1, 0.15) is 6.42 Å². The van der Waals surface area contributed by atoms with E-state index in [9.17, 15) is 18.4 Å². The Kier molecular flexibility index (Phi) is 5.65. The van der Waals surface area contributed by atoms with Crippen LogP contribution < -0.4 is 15.1 Å². The number of carbonyl (C=O) groups excluding carboxylic acids is 2. The SMILES string of the molecule is CN(C)c1ccc(N[C@@H]2CC(=O)N(c3ccc(SC(F)F)cc3)C2=O)cc1. The van der Waals surface area contributed by atoms with Gasteiger partial charge in [0.25, 0.3) is 11.7 Å². The molecule has 2 amide bonds. The van der Waals surface area contributed by atoms with Crippen LogP contribution in [-0.2, 0) is 9.59 Å². The van der Waals surface area contributed by atoms with Crippen molar-refractivity contribution in [2.45, 2.75) is 23.1 Å². The molecule has 5 nitrogen and oxygen atoms in total. The van der Waals surface area contributed by atoms with Crippen molar-refractivity contribution in [3.05, 3.63) is 48.5 Å². The first-order valence-corrected chi connectivity index (χ1v) is 9.18. The number of amides is 2. The quantitative estimate of drug-likeness (QED) is 0.599. The van der Waals surface area contributed by atoms with Gasteiger partial charge in [-0.25, -0.2) is 4.90 Å². The predicted molar refractivity (Wildman–Crippen MR) is 104 cm³/mol. The van der Waals surface area contributed by atoms with Gasteiger partial charge in [-0.15, -0.1) is 0 Å². The molecule has 0 aromatic heterocycles. The minimum Gasteiger partial charge on any atom is -0.378 e. The lowest BCUT2D eigenvalue weighted by atomic mass is 10.2. The van der Waals surface area contributed by atoms with Crippen molar-refractivity contribution in [2.24, 2.45) is 0 Å². The number of alkyl halides is 2. The lowest BCUT2D eigenvalue weighted by Crippen LogP contribution is -2.34. The van der Waals surface area contributed by atoms with Gasteiger partial charge in [0.05, 0.1) is 12.1 Å². The Hall–Kier alpha value is -2.61. The molecule has 0 spiro atoms. The smallest absolute Gasteiger partial charge is 0.288 e. The van der Waals surface area contributed by atoms with E-state index in [1.54, 1.807) is 0 Å². The summed E-state index contributed by atoms with van der Waals surface area (Å²) in [6, 6.07) is 12.9. The second kappa shape index (κ2) is 7.96. The Balaban J connectivity index is 1.71. The maximum atomic E-state index is 12.7. The second-order valence-electron chi connectivity index (χ2n) is 6.28. The molecule has 0 radical (unpaired) electrons. The number of rotatable bonds is 6. The minimum atomic E-state index is -2.52. The average Bonchev–Trinajstić information content (AvgIpc) is 2.89. The van der Waals surface area contributed by atoms with E-state index in [1.807, 2.05) is 43.3 Å². The maximum absolute atomic E-state index is 12.7. The van der Waals surface area contributed by atoms with Gasteiger partial charge in [-0.3, -0.25) is 9.59 Å². The van der Waals surface area contributed by atoms with Crippen LogP contribution >= 0.6 is 11.8 Å². The molecule has 2 aromatic carbocycles. The summed E-state index contributed by atoms with van der Waals surface area (Å²) in [6.07, 6.45) is 0.0435. The number of thioether (sulfide) groups is 1. The highest BCUT2D eigenvalue weighted by Gasteiger charge is 2.39. The average molecular weight is 391 g/mol. The zero-order valence-electron chi connectivity index (χ0n) is 14.9. The van der Waals surface area contributed by atoms with Gasteiger partial charge in [-0.2, -0.15) is 8.78 Å². The van der Waals surface area contributed by atoms with Crippen molar-refractivity contribution in [1.29, 1.82) is 0 Å². The molecule has 1 aliphatic rings. The largest absolute Gasteiger partial charge is 0.378 e. The Morgan fingerprint density at radius 2 is 1.70 bits per heavy atom. The third-order valence-electron chi connectivity index (χ3n) is 4.19. The first-order chi connectivity index (χ1) is 12.8. The van der Waals surface area contributed by atoms with Crippen LogP contribution in [0.15, 0.2) is 53.4 Å². The lowest BCUT2D eigenvalue weighted by molar-refractivity contribution is -0.121. The van der Waals surface area contributed by atoms with E-state index in [0.29, 0.717) is 22.3 Å². The van der Waals surface area contributed by atoms with E-state index < -0.39 is 11.8 Å². The van der Waals surface area contributed by atoms with Crippen LogP contribution in [0.5, 0.6) is 0 Å². The standard InChI is InChI=1S/C19H19F2N3O2S/c1-23(2)13-5-3-12(4-6-13)22-16-11-17(25)24(18(16)26)14-7-9-15(10-8-14)27-19(20)21/h3-10,16,19,22H,11H2,1-2H3/t16-/m1/s1.